The third-order valence-electron chi connectivity index (χ3n) is 11.5. The van der Waals surface area contributed by atoms with Crippen LogP contribution in [0.15, 0.2) is 140 Å². The minimum atomic E-state index is 0.852. The minimum absolute atomic E-state index is 0.852. The van der Waals surface area contributed by atoms with Gasteiger partial charge < -0.3 is 4.57 Å². The van der Waals surface area contributed by atoms with Crippen molar-refractivity contribution < 1.29 is 0 Å². The summed E-state index contributed by atoms with van der Waals surface area (Å²) in [6.45, 7) is 13.2. The van der Waals surface area contributed by atoms with E-state index in [4.69, 9.17) is 9.97 Å². The van der Waals surface area contributed by atoms with Crippen LogP contribution < -0.4 is 0 Å². The van der Waals surface area contributed by atoms with Gasteiger partial charge in [-0.1, -0.05) is 108 Å². The van der Waals surface area contributed by atoms with Gasteiger partial charge in [-0.25, -0.2) is 4.98 Å². The molecule has 0 spiro atoms. The monoisotopic (exact) mass is 707 g/mol. The number of benzene rings is 8. The minimum Gasteiger partial charge on any atom is -0.309 e. The summed E-state index contributed by atoms with van der Waals surface area (Å²) in [5.74, 6) is 0. The van der Waals surface area contributed by atoms with Crippen molar-refractivity contribution >= 4 is 54.4 Å². The highest BCUT2D eigenvalue weighted by atomic mass is 15.0. The molecule has 0 saturated carbocycles. The van der Waals surface area contributed by atoms with Gasteiger partial charge in [-0.3, -0.25) is 4.98 Å². The van der Waals surface area contributed by atoms with Crippen molar-refractivity contribution in [2.45, 2.75) is 41.5 Å². The summed E-state index contributed by atoms with van der Waals surface area (Å²) in [5, 5.41) is 7.10. The van der Waals surface area contributed by atoms with Crippen LogP contribution in [0, 0.1) is 41.5 Å². The van der Waals surface area contributed by atoms with E-state index in [-0.39, 0.29) is 0 Å². The number of aromatic nitrogens is 3. The zero-order valence-corrected chi connectivity index (χ0v) is 32.1. The Morgan fingerprint density at radius 2 is 0.909 bits per heavy atom. The van der Waals surface area contributed by atoms with Crippen LogP contribution >= 0.6 is 0 Å². The first-order valence-electron chi connectivity index (χ1n) is 19.2. The van der Waals surface area contributed by atoms with Crippen LogP contribution in [0.1, 0.15) is 33.4 Å². The van der Waals surface area contributed by atoms with Gasteiger partial charge in [-0.15, -0.1) is 0 Å². The molecule has 0 radical (unpaired) electrons. The molecule has 3 nitrogen and oxygen atoms in total. The standard InChI is InChI=1S/C52H41N3/c1-30-22-32(3)49(33(4)23-30)37-18-20-40-41-21-19-38(50-34(5)24-31(2)25-35(50)6)28-45(41)52-51(44(40)27-37)53-29-46(54-52)36-12-11-13-39(26-36)55-47-16-9-7-14-42(47)43-15-8-10-17-48(43)55/h7-29H,1-6H3. The number of nitrogens with zero attached hydrogens (tertiary/aromatic N) is 3. The molecule has 0 fully saturated rings. The fourth-order valence-corrected chi connectivity index (χ4v) is 9.45. The molecule has 10 rings (SSSR count). The van der Waals surface area contributed by atoms with E-state index in [2.05, 4.69) is 180 Å². The van der Waals surface area contributed by atoms with E-state index in [0.29, 0.717) is 0 Å². The van der Waals surface area contributed by atoms with Gasteiger partial charge >= 0.3 is 0 Å². The highest BCUT2D eigenvalue weighted by Gasteiger charge is 2.18. The first kappa shape index (κ1) is 33.0. The van der Waals surface area contributed by atoms with Crippen molar-refractivity contribution in [1.29, 1.82) is 0 Å². The summed E-state index contributed by atoms with van der Waals surface area (Å²) in [6.07, 6.45) is 1.96. The van der Waals surface area contributed by atoms with E-state index in [0.717, 1.165) is 38.8 Å². The van der Waals surface area contributed by atoms with E-state index in [1.807, 2.05) is 6.20 Å². The third-order valence-corrected chi connectivity index (χ3v) is 11.5. The van der Waals surface area contributed by atoms with Gasteiger partial charge in [-0.05, 0) is 133 Å². The van der Waals surface area contributed by atoms with Crippen molar-refractivity contribution in [2.75, 3.05) is 0 Å². The number of hydrogen-bond acceptors (Lipinski definition) is 2. The summed E-state index contributed by atoms with van der Waals surface area (Å²) >= 11 is 0. The van der Waals surface area contributed by atoms with E-state index >= 15 is 0 Å². The normalized spacial score (nSPS) is 11.8. The van der Waals surface area contributed by atoms with Crippen LogP contribution in [0.3, 0.4) is 0 Å². The molecular weight excluding hydrogens is 667 g/mol. The van der Waals surface area contributed by atoms with Gasteiger partial charge in [0.1, 0.15) is 0 Å². The maximum absolute atomic E-state index is 5.54. The molecule has 2 aromatic heterocycles. The molecule has 0 N–H and O–H groups in total. The molecule has 0 bridgehead atoms. The van der Waals surface area contributed by atoms with Crippen molar-refractivity contribution in [1.82, 2.24) is 14.5 Å². The molecule has 0 amide bonds. The fraction of sp³-hybridized carbons (Fsp3) is 0.115. The number of fused-ring (bicyclic) bond motifs is 9. The highest BCUT2D eigenvalue weighted by molar-refractivity contribution is 6.24. The van der Waals surface area contributed by atoms with Crippen molar-refractivity contribution in [3.8, 4) is 39.2 Å². The maximum atomic E-state index is 5.54. The molecule has 0 aliphatic carbocycles. The van der Waals surface area contributed by atoms with Crippen LogP contribution in [0.2, 0.25) is 0 Å². The molecule has 2 heterocycles. The highest BCUT2D eigenvalue weighted by Crippen LogP contribution is 2.41. The fourth-order valence-electron chi connectivity index (χ4n) is 9.45. The lowest BCUT2D eigenvalue weighted by molar-refractivity contribution is 1.18. The second-order valence-electron chi connectivity index (χ2n) is 15.4. The van der Waals surface area contributed by atoms with Gasteiger partial charge in [0.25, 0.3) is 0 Å². The summed E-state index contributed by atoms with van der Waals surface area (Å²) in [7, 11) is 0. The van der Waals surface area contributed by atoms with E-state index < -0.39 is 0 Å². The van der Waals surface area contributed by atoms with E-state index in [1.54, 1.807) is 0 Å². The molecule has 0 aliphatic heterocycles. The average Bonchev–Trinajstić information content (AvgIpc) is 3.51. The Labute approximate surface area is 321 Å². The SMILES string of the molecule is Cc1cc(C)c(-c2ccc3c4ccc(-c5c(C)cc(C)cc5C)cc4c4nc(-c5cccc(-n6c7ccccc7c7ccccc76)c5)cnc4c3c2)c(C)c1. The Balaban J connectivity index is 1.23. The van der Waals surface area contributed by atoms with Gasteiger partial charge in [0.2, 0.25) is 0 Å². The van der Waals surface area contributed by atoms with Crippen molar-refractivity contribution in [2.24, 2.45) is 0 Å². The Morgan fingerprint density at radius 1 is 0.400 bits per heavy atom. The average molecular weight is 708 g/mol. The summed E-state index contributed by atoms with van der Waals surface area (Å²) < 4.78 is 2.36. The molecule has 264 valence electrons. The Bertz CT molecular complexity index is 3120. The van der Waals surface area contributed by atoms with Crippen LogP contribution in [0.25, 0.3) is 93.6 Å². The lowest BCUT2D eigenvalue weighted by atomic mass is 9.89. The molecule has 0 saturated heterocycles. The topological polar surface area (TPSA) is 30.7 Å². The number of aryl methyl sites for hydroxylation is 6. The Kier molecular flexibility index (Phi) is 7.50. The molecule has 0 unspecified atom stereocenters. The lowest BCUT2D eigenvalue weighted by Crippen LogP contribution is -1.97. The predicted molar refractivity (Wildman–Crippen MR) is 234 cm³/mol. The van der Waals surface area contributed by atoms with Crippen LogP contribution in [-0.4, -0.2) is 14.5 Å². The van der Waals surface area contributed by atoms with E-state index in [9.17, 15) is 0 Å². The van der Waals surface area contributed by atoms with Crippen LogP contribution in [0.4, 0.5) is 0 Å². The van der Waals surface area contributed by atoms with Gasteiger partial charge in [0, 0.05) is 32.8 Å². The smallest absolute Gasteiger partial charge is 0.0979 e. The molecule has 8 aromatic carbocycles. The predicted octanol–water partition coefficient (Wildman–Crippen LogP) is 13.9. The number of rotatable bonds is 4. The molecule has 0 aliphatic rings. The van der Waals surface area contributed by atoms with Crippen molar-refractivity contribution in [3.05, 3.63) is 173 Å². The molecule has 3 heteroatoms. The Morgan fingerprint density at radius 3 is 1.45 bits per heavy atom. The maximum Gasteiger partial charge on any atom is 0.0979 e. The number of para-hydroxylation sites is 2. The van der Waals surface area contributed by atoms with Crippen LogP contribution in [-0.2, 0) is 0 Å². The molecule has 0 atom stereocenters. The first-order valence-corrected chi connectivity index (χ1v) is 19.2. The quantitative estimate of drug-likeness (QED) is 0.171. The summed E-state index contributed by atoms with van der Waals surface area (Å²) in [6, 6.07) is 49.0. The van der Waals surface area contributed by atoms with Gasteiger partial charge in [0.15, 0.2) is 0 Å². The summed E-state index contributed by atoms with van der Waals surface area (Å²) in [4.78, 5) is 10.8. The largest absolute Gasteiger partial charge is 0.309 e. The third kappa shape index (κ3) is 5.26. The Hall–Kier alpha value is -6.58. The summed E-state index contributed by atoms with van der Waals surface area (Å²) in [5.41, 5.74) is 19.9. The molecular formula is C52H41N3. The second kappa shape index (κ2) is 12.5. The molecule has 10 aromatic rings. The van der Waals surface area contributed by atoms with Gasteiger partial charge in [0.05, 0.1) is 34.0 Å². The molecule has 55 heavy (non-hydrogen) atoms. The second-order valence-corrected chi connectivity index (χ2v) is 15.4. The number of hydrogen-bond donors (Lipinski definition) is 0. The lowest BCUT2D eigenvalue weighted by Gasteiger charge is -2.17. The van der Waals surface area contributed by atoms with E-state index in [1.165, 1.54) is 88.2 Å². The first-order chi connectivity index (χ1) is 26.7. The van der Waals surface area contributed by atoms with Crippen molar-refractivity contribution in [3.63, 3.8) is 0 Å². The van der Waals surface area contributed by atoms with Crippen LogP contribution in [0.5, 0.6) is 0 Å². The zero-order chi connectivity index (χ0) is 37.5. The van der Waals surface area contributed by atoms with Gasteiger partial charge in [-0.2, -0.15) is 0 Å². The zero-order valence-electron chi connectivity index (χ0n) is 32.1.